The predicted molar refractivity (Wildman–Crippen MR) is 40.2 cm³/mol. The van der Waals surface area contributed by atoms with Crippen LogP contribution in [0.25, 0.3) is 0 Å². The molecule has 12 heavy (non-hydrogen) atoms. The average Bonchev–Trinajstić information content (AvgIpc) is 2.03. The molecule has 0 fully saturated rings. The Bertz CT molecular complexity index is 262. The third kappa shape index (κ3) is 1.91. The fraction of sp³-hybridized carbons (Fsp3) is 0.333. The molecule has 0 nitrogen and oxygen atoms in total. The molecule has 0 saturated carbocycles. The van der Waals surface area contributed by atoms with Crippen molar-refractivity contribution in [2.24, 2.45) is 5.92 Å². The van der Waals surface area contributed by atoms with Gasteiger partial charge >= 0.3 is 6.18 Å². The largest absolute Gasteiger partial charge is 0.412 e. The molecule has 0 amide bonds. The summed E-state index contributed by atoms with van der Waals surface area (Å²) in [5.74, 6) is 1.87. The first-order valence-corrected chi connectivity index (χ1v) is 3.44. The smallest absolute Gasteiger partial charge is 0.166 e. The van der Waals surface area contributed by atoms with Gasteiger partial charge in [0.2, 0.25) is 0 Å². The van der Waals surface area contributed by atoms with Gasteiger partial charge in [0.15, 0.2) is 0 Å². The fourth-order valence-corrected chi connectivity index (χ4v) is 1.00. The summed E-state index contributed by atoms with van der Waals surface area (Å²) in [6, 6.07) is 0. The van der Waals surface area contributed by atoms with Crippen LogP contribution in [0, 0.1) is 18.3 Å². The van der Waals surface area contributed by atoms with Crippen LogP contribution in [0.15, 0.2) is 23.8 Å². The standard InChI is InChI=1S/C9H7F3/c1-2-7-4-3-5-8(6-7)9(10,11)12/h1,3-5,7H,6H2. The van der Waals surface area contributed by atoms with Crippen molar-refractivity contribution in [3.63, 3.8) is 0 Å². The summed E-state index contributed by atoms with van der Waals surface area (Å²) in [6.07, 6.45) is 4.69. The summed E-state index contributed by atoms with van der Waals surface area (Å²) in [5, 5.41) is 0. The lowest BCUT2D eigenvalue weighted by molar-refractivity contribution is -0.0946. The summed E-state index contributed by atoms with van der Waals surface area (Å²) in [6.45, 7) is 0. The Labute approximate surface area is 68.8 Å². The maximum absolute atomic E-state index is 12.1. The van der Waals surface area contributed by atoms with E-state index in [1.165, 1.54) is 6.08 Å². The van der Waals surface area contributed by atoms with Gasteiger partial charge in [-0.3, -0.25) is 0 Å². The maximum Gasteiger partial charge on any atom is 0.412 e. The lowest BCUT2D eigenvalue weighted by atomic mass is 9.95. The van der Waals surface area contributed by atoms with Crippen LogP contribution in [0.4, 0.5) is 13.2 Å². The van der Waals surface area contributed by atoms with Gasteiger partial charge < -0.3 is 0 Å². The summed E-state index contributed by atoms with van der Waals surface area (Å²) in [5.41, 5.74) is -0.548. The zero-order chi connectivity index (χ0) is 9.19. The molecule has 1 atom stereocenters. The third-order valence-electron chi connectivity index (χ3n) is 1.66. The molecule has 1 aliphatic carbocycles. The second-order valence-corrected chi connectivity index (χ2v) is 2.55. The lowest BCUT2D eigenvalue weighted by Crippen LogP contribution is -2.15. The van der Waals surface area contributed by atoms with E-state index in [4.69, 9.17) is 6.42 Å². The summed E-state index contributed by atoms with van der Waals surface area (Å²) >= 11 is 0. The quantitative estimate of drug-likeness (QED) is 0.493. The van der Waals surface area contributed by atoms with Gasteiger partial charge in [-0.05, 0) is 6.42 Å². The van der Waals surface area contributed by atoms with E-state index in [9.17, 15) is 13.2 Å². The summed E-state index contributed by atoms with van der Waals surface area (Å²) in [4.78, 5) is 0. The van der Waals surface area contributed by atoms with E-state index in [0.717, 1.165) is 6.08 Å². The predicted octanol–water partition coefficient (Wildman–Crippen LogP) is 2.68. The normalized spacial score (nSPS) is 23.2. The van der Waals surface area contributed by atoms with Crippen LogP contribution in [0.5, 0.6) is 0 Å². The number of hydrogen-bond donors (Lipinski definition) is 0. The Balaban J connectivity index is 2.78. The maximum atomic E-state index is 12.1. The molecule has 0 radical (unpaired) electrons. The molecule has 0 aromatic rings. The SMILES string of the molecule is C#CC1C=CC=C(C(F)(F)F)C1. The van der Waals surface area contributed by atoms with E-state index < -0.39 is 17.7 Å². The van der Waals surface area contributed by atoms with Crippen molar-refractivity contribution in [1.82, 2.24) is 0 Å². The number of hydrogen-bond acceptors (Lipinski definition) is 0. The molecular weight excluding hydrogens is 165 g/mol. The molecule has 1 unspecified atom stereocenters. The molecule has 0 aromatic heterocycles. The lowest BCUT2D eigenvalue weighted by Gasteiger charge is -2.16. The molecule has 0 spiro atoms. The highest BCUT2D eigenvalue weighted by molar-refractivity contribution is 5.27. The minimum absolute atomic E-state index is 0.101. The molecule has 1 aliphatic rings. The first-order chi connectivity index (χ1) is 5.54. The van der Waals surface area contributed by atoms with Crippen LogP contribution in [0.3, 0.4) is 0 Å². The Morgan fingerprint density at radius 1 is 1.50 bits per heavy atom. The van der Waals surface area contributed by atoms with Crippen molar-refractivity contribution in [2.45, 2.75) is 12.6 Å². The first-order valence-electron chi connectivity index (χ1n) is 3.44. The second kappa shape index (κ2) is 3.06. The molecule has 3 heteroatoms. The molecule has 0 aromatic carbocycles. The van der Waals surface area contributed by atoms with Crippen LogP contribution in [-0.2, 0) is 0 Å². The number of terminal acetylenes is 1. The fourth-order valence-electron chi connectivity index (χ4n) is 1.00. The van der Waals surface area contributed by atoms with Crippen LogP contribution >= 0.6 is 0 Å². The summed E-state index contributed by atoms with van der Waals surface area (Å²) in [7, 11) is 0. The molecule has 0 saturated heterocycles. The Kier molecular flexibility index (Phi) is 2.27. The highest BCUT2D eigenvalue weighted by atomic mass is 19.4. The Hall–Kier alpha value is -1.17. The molecule has 0 heterocycles. The van der Waals surface area contributed by atoms with E-state index in [1.807, 2.05) is 0 Å². The van der Waals surface area contributed by atoms with E-state index in [-0.39, 0.29) is 6.42 Å². The number of halogens is 3. The van der Waals surface area contributed by atoms with E-state index in [0.29, 0.717) is 0 Å². The topological polar surface area (TPSA) is 0 Å². The van der Waals surface area contributed by atoms with Gasteiger partial charge in [-0.1, -0.05) is 24.1 Å². The molecular formula is C9H7F3. The van der Waals surface area contributed by atoms with Gasteiger partial charge in [-0.25, -0.2) is 0 Å². The van der Waals surface area contributed by atoms with Gasteiger partial charge in [0, 0.05) is 11.5 Å². The van der Waals surface area contributed by atoms with Crippen molar-refractivity contribution >= 4 is 0 Å². The van der Waals surface area contributed by atoms with Gasteiger partial charge in [0.1, 0.15) is 0 Å². The van der Waals surface area contributed by atoms with Crippen LogP contribution < -0.4 is 0 Å². The molecule has 0 N–H and O–H groups in total. The number of rotatable bonds is 0. The highest BCUT2D eigenvalue weighted by Gasteiger charge is 2.34. The third-order valence-corrected chi connectivity index (χ3v) is 1.66. The molecule has 1 rings (SSSR count). The van der Waals surface area contributed by atoms with Crippen molar-refractivity contribution in [3.8, 4) is 12.3 Å². The van der Waals surface area contributed by atoms with Gasteiger partial charge in [-0.15, -0.1) is 6.42 Å². The monoisotopic (exact) mass is 172 g/mol. The van der Waals surface area contributed by atoms with E-state index >= 15 is 0 Å². The minimum atomic E-state index is -4.24. The highest BCUT2D eigenvalue weighted by Crippen LogP contribution is 2.32. The van der Waals surface area contributed by atoms with E-state index in [2.05, 4.69) is 5.92 Å². The van der Waals surface area contributed by atoms with Crippen LogP contribution in [-0.4, -0.2) is 6.18 Å². The molecule has 0 bridgehead atoms. The van der Waals surface area contributed by atoms with E-state index in [1.54, 1.807) is 6.08 Å². The van der Waals surface area contributed by atoms with Gasteiger partial charge in [0.25, 0.3) is 0 Å². The first kappa shape index (κ1) is 8.92. The number of alkyl halides is 3. The zero-order valence-electron chi connectivity index (χ0n) is 6.23. The zero-order valence-corrected chi connectivity index (χ0v) is 6.23. The molecule has 0 aliphatic heterocycles. The molecule has 64 valence electrons. The van der Waals surface area contributed by atoms with Crippen molar-refractivity contribution < 1.29 is 13.2 Å². The van der Waals surface area contributed by atoms with Crippen LogP contribution in [0.1, 0.15) is 6.42 Å². The van der Waals surface area contributed by atoms with Gasteiger partial charge in [0.05, 0.1) is 0 Å². The van der Waals surface area contributed by atoms with Crippen molar-refractivity contribution in [2.75, 3.05) is 0 Å². The number of allylic oxidation sites excluding steroid dienone is 4. The minimum Gasteiger partial charge on any atom is -0.166 e. The Morgan fingerprint density at radius 2 is 2.17 bits per heavy atom. The second-order valence-electron chi connectivity index (χ2n) is 2.55. The van der Waals surface area contributed by atoms with Crippen molar-refractivity contribution in [1.29, 1.82) is 0 Å². The average molecular weight is 172 g/mol. The van der Waals surface area contributed by atoms with Crippen LogP contribution in [0.2, 0.25) is 0 Å². The Morgan fingerprint density at radius 3 is 2.67 bits per heavy atom. The summed E-state index contributed by atoms with van der Waals surface area (Å²) < 4.78 is 36.2. The van der Waals surface area contributed by atoms with Crippen molar-refractivity contribution in [3.05, 3.63) is 23.8 Å². The van der Waals surface area contributed by atoms with Gasteiger partial charge in [-0.2, -0.15) is 13.2 Å².